The quantitative estimate of drug-likeness (QED) is 0.677. The molecule has 0 heterocycles. The Morgan fingerprint density at radius 3 is 2.41 bits per heavy atom. The minimum atomic E-state index is -0.145. The summed E-state index contributed by atoms with van der Waals surface area (Å²) in [4.78, 5) is 12.2. The van der Waals surface area contributed by atoms with Crippen LogP contribution in [0.25, 0.3) is 0 Å². The highest BCUT2D eigenvalue weighted by molar-refractivity contribution is 5.94. The van der Waals surface area contributed by atoms with E-state index in [-0.39, 0.29) is 11.3 Å². The van der Waals surface area contributed by atoms with Crippen molar-refractivity contribution in [1.29, 1.82) is 0 Å². The van der Waals surface area contributed by atoms with Crippen molar-refractivity contribution in [2.75, 3.05) is 13.2 Å². The molecule has 144 valence electrons. The van der Waals surface area contributed by atoms with E-state index in [4.69, 9.17) is 9.47 Å². The Labute approximate surface area is 162 Å². The second kappa shape index (κ2) is 9.26. The molecule has 27 heavy (non-hydrogen) atoms. The lowest BCUT2D eigenvalue weighted by atomic mass is 9.87. The molecular formula is C23H29NO3. The lowest BCUT2D eigenvalue weighted by Crippen LogP contribution is -2.23. The van der Waals surface area contributed by atoms with Crippen molar-refractivity contribution in [2.24, 2.45) is 0 Å². The first-order valence-electron chi connectivity index (χ1n) is 9.23. The van der Waals surface area contributed by atoms with E-state index in [1.807, 2.05) is 31.2 Å². The Hall–Kier alpha value is -2.75. The fourth-order valence-electron chi connectivity index (χ4n) is 2.61. The molecule has 0 bridgehead atoms. The molecule has 0 aliphatic carbocycles. The van der Waals surface area contributed by atoms with Gasteiger partial charge in [-0.25, -0.2) is 0 Å². The molecule has 0 unspecified atom stereocenters. The summed E-state index contributed by atoms with van der Waals surface area (Å²) in [6.07, 6.45) is 1.65. The van der Waals surface area contributed by atoms with Crippen LogP contribution in [-0.2, 0) is 12.0 Å². The van der Waals surface area contributed by atoms with Gasteiger partial charge in [-0.1, -0.05) is 39.0 Å². The molecule has 2 aromatic carbocycles. The average Bonchev–Trinajstić information content (AvgIpc) is 2.65. The summed E-state index contributed by atoms with van der Waals surface area (Å²) < 4.78 is 11.6. The Kier molecular flexibility index (Phi) is 7.05. The van der Waals surface area contributed by atoms with E-state index in [1.165, 1.54) is 5.56 Å². The summed E-state index contributed by atoms with van der Waals surface area (Å²) in [6, 6.07) is 13.5. The van der Waals surface area contributed by atoms with Crippen LogP contribution < -0.4 is 14.8 Å². The largest absolute Gasteiger partial charge is 0.493 e. The first kappa shape index (κ1) is 20.6. The minimum Gasteiger partial charge on any atom is -0.493 e. The Bertz CT molecular complexity index is 773. The fourth-order valence-corrected chi connectivity index (χ4v) is 2.61. The van der Waals surface area contributed by atoms with Crippen LogP contribution in [0.3, 0.4) is 0 Å². The van der Waals surface area contributed by atoms with Gasteiger partial charge in [-0.2, -0.15) is 0 Å². The molecule has 4 nitrogen and oxygen atoms in total. The van der Waals surface area contributed by atoms with Crippen molar-refractivity contribution in [1.82, 2.24) is 5.32 Å². The highest BCUT2D eigenvalue weighted by atomic mass is 16.5. The second-order valence-electron chi connectivity index (χ2n) is 7.32. The number of hydrogen-bond donors (Lipinski definition) is 1. The number of hydrogen-bond acceptors (Lipinski definition) is 3. The van der Waals surface area contributed by atoms with E-state index < -0.39 is 0 Å². The maximum Gasteiger partial charge on any atom is 0.251 e. The van der Waals surface area contributed by atoms with Crippen LogP contribution >= 0.6 is 0 Å². The van der Waals surface area contributed by atoms with Crippen molar-refractivity contribution in [3.63, 3.8) is 0 Å². The first-order chi connectivity index (χ1) is 12.8. The van der Waals surface area contributed by atoms with Gasteiger partial charge in [0, 0.05) is 17.7 Å². The summed E-state index contributed by atoms with van der Waals surface area (Å²) in [5.41, 5.74) is 2.77. The van der Waals surface area contributed by atoms with E-state index in [0.29, 0.717) is 25.3 Å². The molecule has 0 radical (unpaired) electrons. The first-order valence-corrected chi connectivity index (χ1v) is 9.23. The van der Waals surface area contributed by atoms with Crippen molar-refractivity contribution in [3.05, 3.63) is 71.8 Å². The molecule has 0 spiro atoms. The maximum atomic E-state index is 12.2. The van der Waals surface area contributed by atoms with E-state index in [1.54, 1.807) is 12.1 Å². The monoisotopic (exact) mass is 367 g/mol. The number of rotatable bonds is 8. The van der Waals surface area contributed by atoms with Crippen LogP contribution in [0.4, 0.5) is 0 Å². The molecule has 0 saturated carbocycles. The van der Waals surface area contributed by atoms with Crippen LogP contribution in [0.1, 0.15) is 49.2 Å². The Balaban J connectivity index is 2.15. The van der Waals surface area contributed by atoms with E-state index in [0.717, 1.165) is 17.1 Å². The normalized spacial score (nSPS) is 11.0. The predicted molar refractivity (Wildman–Crippen MR) is 110 cm³/mol. The number of amides is 1. The molecule has 1 amide bonds. The predicted octanol–water partition coefficient (Wildman–Crippen LogP) is 4.88. The standard InChI is InChI=1S/C23H29NO3/c1-6-14-24-22(25)17-8-13-21(26-7-2)18(15-17)16-27-20-11-9-19(10-12-20)23(3,4)5/h6,8-13,15H,1,7,14,16H2,2-5H3,(H,24,25). The summed E-state index contributed by atoms with van der Waals surface area (Å²) in [5, 5.41) is 2.78. The van der Waals surface area contributed by atoms with E-state index in [2.05, 4.69) is 44.8 Å². The Morgan fingerprint density at radius 2 is 1.81 bits per heavy atom. The van der Waals surface area contributed by atoms with Crippen LogP contribution in [-0.4, -0.2) is 19.1 Å². The third kappa shape index (κ3) is 5.88. The van der Waals surface area contributed by atoms with E-state index in [9.17, 15) is 4.79 Å². The molecule has 0 aliphatic rings. The van der Waals surface area contributed by atoms with Gasteiger partial charge in [0.15, 0.2) is 0 Å². The van der Waals surface area contributed by atoms with Gasteiger partial charge >= 0.3 is 0 Å². The topological polar surface area (TPSA) is 47.6 Å². The summed E-state index contributed by atoms with van der Waals surface area (Å²) in [6.45, 7) is 13.4. The number of ether oxygens (including phenoxy) is 2. The van der Waals surface area contributed by atoms with Crippen molar-refractivity contribution < 1.29 is 14.3 Å². The highest BCUT2D eigenvalue weighted by Crippen LogP contribution is 2.26. The third-order valence-electron chi connectivity index (χ3n) is 4.14. The zero-order valence-electron chi connectivity index (χ0n) is 16.7. The summed E-state index contributed by atoms with van der Waals surface area (Å²) in [5.74, 6) is 1.37. The number of benzene rings is 2. The smallest absolute Gasteiger partial charge is 0.251 e. The van der Waals surface area contributed by atoms with Crippen molar-refractivity contribution in [3.8, 4) is 11.5 Å². The van der Waals surface area contributed by atoms with Crippen LogP contribution in [0.2, 0.25) is 0 Å². The molecule has 2 aromatic rings. The van der Waals surface area contributed by atoms with Gasteiger partial charge in [-0.15, -0.1) is 6.58 Å². The molecular weight excluding hydrogens is 338 g/mol. The van der Waals surface area contributed by atoms with Gasteiger partial charge < -0.3 is 14.8 Å². The van der Waals surface area contributed by atoms with Crippen LogP contribution in [0.15, 0.2) is 55.1 Å². The summed E-state index contributed by atoms with van der Waals surface area (Å²) in [7, 11) is 0. The summed E-state index contributed by atoms with van der Waals surface area (Å²) >= 11 is 0. The zero-order valence-corrected chi connectivity index (χ0v) is 16.7. The fraction of sp³-hybridized carbons (Fsp3) is 0.348. The maximum absolute atomic E-state index is 12.2. The molecule has 0 atom stereocenters. The van der Waals surface area contributed by atoms with Gasteiger partial charge in [0.1, 0.15) is 18.1 Å². The van der Waals surface area contributed by atoms with Crippen molar-refractivity contribution >= 4 is 5.91 Å². The molecule has 0 aromatic heterocycles. The van der Waals surface area contributed by atoms with Gasteiger partial charge in [-0.05, 0) is 48.2 Å². The lowest BCUT2D eigenvalue weighted by molar-refractivity contribution is 0.0958. The highest BCUT2D eigenvalue weighted by Gasteiger charge is 2.14. The molecule has 1 N–H and O–H groups in total. The van der Waals surface area contributed by atoms with Crippen LogP contribution in [0.5, 0.6) is 11.5 Å². The minimum absolute atomic E-state index is 0.105. The second-order valence-corrected chi connectivity index (χ2v) is 7.32. The van der Waals surface area contributed by atoms with Gasteiger partial charge in [-0.3, -0.25) is 4.79 Å². The molecule has 0 saturated heterocycles. The number of nitrogens with one attached hydrogen (secondary N) is 1. The van der Waals surface area contributed by atoms with E-state index >= 15 is 0 Å². The zero-order chi connectivity index (χ0) is 19.9. The molecule has 0 fully saturated rings. The van der Waals surface area contributed by atoms with Gasteiger partial charge in [0.25, 0.3) is 5.91 Å². The number of carbonyl (C=O) groups is 1. The van der Waals surface area contributed by atoms with Crippen LogP contribution in [0, 0.1) is 0 Å². The van der Waals surface area contributed by atoms with Gasteiger partial charge in [0.05, 0.1) is 6.61 Å². The average molecular weight is 367 g/mol. The lowest BCUT2D eigenvalue weighted by Gasteiger charge is -2.19. The van der Waals surface area contributed by atoms with Gasteiger partial charge in [0.2, 0.25) is 0 Å². The number of carbonyl (C=O) groups excluding carboxylic acids is 1. The third-order valence-corrected chi connectivity index (χ3v) is 4.14. The Morgan fingerprint density at radius 1 is 1.11 bits per heavy atom. The molecule has 4 heteroatoms. The molecule has 2 rings (SSSR count). The molecule has 0 aliphatic heterocycles. The SMILES string of the molecule is C=CCNC(=O)c1ccc(OCC)c(COc2ccc(C(C)(C)C)cc2)c1. The van der Waals surface area contributed by atoms with Crippen molar-refractivity contribution in [2.45, 2.75) is 39.7 Å².